The van der Waals surface area contributed by atoms with Crippen LogP contribution in [0.5, 0.6) is 0 Å². The molecule has 6 N–H and O–H groups in total. The second-order valence-electron chi connectivity index (χ2n) is 17.7. The van der Waals surface area contributed by atoms with Crippen molar-refractivity contribution in [1.82, 2.24) is 30.6 Å². The van der Waals surface area contributed by atoms with Gasteiger partial charge in [0.15, 0.2) is 22.0 Å². The third kappa shape index (κ3) is 13.4. The number of hydrogen-bond donors (Lipinski definition) is 4. The summed E-state index contributed by atoms with van der Waals surface area (Å²) in [7, 11) is 1.56. The van der Waals surface area contributed by atoms with Gasteiger partial charge in [0, 0.05) is 37.1 Å². The predicted octanol–water partition coefficient (Wildman–Crippen LogP) is -0.505. The number of amidine groups is 2. The first-order valence-corrected chi connectivity index (χ1v) is 26.4. The molecule has 0 spiro atoms. The molecule has 2 saturated carbocycles. The molecule has 4 aliphatic rings. The molecule has 72 heavy (non-hydrogen) atoms. The summed E-state index contributed by atoms with van der Waals surface area (Å²) in [6, 6.07) is 8.54. The molecule has 0 radical (unpaired) electrons. The molecule has 2 amide bonds. The van der Waals surface area contributed by atoms with E-state index in [1.165, 1.54) is 90.8 Å². The quantitative estimate of drug-likeness (QED) is 0.0414. The Morgan fingerprint density at radius 3 is 1.53 bits per heavy atom. The molecule has 2 aromatic heterocycles. The van der Waals surface area contributed by atoms with E-state index in [9.17, 15) is 22.8 Å². The maximum atomic E-state index is 15.0. The van der Waals surface area contributed by atoms with Crippen molar-refractivity contribution < 1.29 is 146 Å². The van der Waals surface area contributed by atoms with Crippen LogP contribution in [0, 0.1) is 47.3 Å². The van der Waals surface area contributed by atoms with Gasteiger partial charge in [0.05, 0.1) is 35.9 Å². The monoisotopic (exact) mass is 1090 g/mol. The zero-order chi connectivity index (χ0) is 51.4. The Kier molecular flexibility index (Phi) is 21.0. The smallest absolute Gasteiger partial charge is 1.00 e. The van der Waals surface area contributed by atoms with E-state index in [1.54, 1.807) is 34.0 Å². The van der Waals surface area contributed by atoms with E-state index in [0.29, 0.717) is 35.4 Å². The fourth-order valence-corrected chi connectivity index (χ4v) is 11.7. The molecule has 0 unspecified atom stereocenters. The summed E-state index contributed by atoms with van der Waals surface area (Å²) in [5.74, 6) is 2.25. The number of fused-ring (bicyclic) bond motifs is 2. The molecule has 6 atom stereocenters. The van der Waals surface area contributed by atoms with Gasteiger partial charge in [-0.1, -0.05) is 61.2 Å². The summed E-state index contributed by atoms with van der Waals surface area (Å²) >= 11 is 2.42. The third-order valence-electron chi connectivity index (χ3n) is 11.9. The zero-order valence-corrected chi connectivity index (χ0v) is 49.7. The van der Waals surface area contributed by atoms with E-state index in [1.807, 2.05) is 0 Å². The Hall–Kier alpha value is -3.58. The predicted molar refractivity (Wildman–Crippen MR) is 264 cm³/mol. The topological polar surface area (TPSA) is 236 Å². The summed E-state index contributed by atoms with van der Waals surface area (Å²) < 4.78 is 58.1. The maximum absolute atomic E-state index is 15.0. The van der Waals surface area contributed by atoms with E-state index in [-0.39, 0.29) is 167 Å². The number of terminal acetylenes is 1. The number of rotatable bonds is 9. The molecule has 0 saturated heterocycles. The Balaban J connectivity index is 0.000000347. The van der Waals surface area contributed by atoms with E-state index in [2.05, 4.69) is 82.5 Å². The number of benzene rings is 2. The number of aliphatic imine (C=N–C) groups is 2. The standard InChI is InChI=1S/C25H27F2N5OSSi.C22H19F2N5OS.CH2O3.2K.H/c1-24(21-12-25(21,22(33)29-2)34-23(28)32-24)17-10-15(6-7-18(17)26)11-19(27)20-14-30-16(13-31-20)8-9-35(3,4)5;1-4-13-10-28-17(11-27-13)16(24)8-12-5-6-15(23)14(7-12)21(2)18-9-22(18,19(30)26-3)31-20(25)29-21;2-1-4-3;;;/h6-7,10-11,13-14,21H,12H2,1-5H3,(H2,28,32)(H,29,33);1,5-8,10-11,18H,9H2,2-3H3,(H2,25,29)(H,26,30);1,3H;;;/q;;;2*+1;-1/p-1/b19-11-;16-8-;;;;/t21-,24+,25-;18-,21+,22-;;;;/m00..../s1. The number of nitrogens with zero attached hydrogens (tertiary/aromatic N) is 6. The molecule has 2 aliphatic carbocycles. The molecule has 0 bridgehead atoms. The first-order chi connectivity index (χ1) is 33.0. The number of hydrogen-bond acceptors (Lipinski definition) is 15. The van der Waals surface area contributed by atoms with Crippen LogP contribution in [0.2, 0.25) is 19.6 Å². The Bertz CT molecular complexity index is 2980. The van der Waals surface area contributed by atoms with Crippen LogP contribution in [0.3, 0.4) is 0 Å². The van der Waals surface area contributed by atoms with E-state index < -0.39 is 51.9 Å². The second-order valence-corrected chi connectivity index (χ2v) is 25.2. The normalized spacial score (nSPS) is 24.4. The molecule has 4 aromatic rings. The number of nitrogens with one attached hydrogen (secondary N) is 2. The minimum Gasteiger partial charge on any atom is -1.00 e. The van der Waals surface area contributed by atoms with Gasteiger partial charge in [-0.15, -0.1) is 12.0 Å². The molecule has 15 nitrogen and oxygen atoms in total. The Morgan fingerprint density at radius 2 is 1.19 bits per heavy atom. The molecule has 24 heteroatoms. The number of carbonyl (C=O) groups excluding carboxylic acids is 3. The Morgan fingerprint density at radius 1 is 0.792 bits per heavy atom. The molecule has 8 rings (SSSR count). The average Bonchev–Trinajstić information content (AvgIpc) is 4.27. The largest absolute Gasteiger partial charge is 1.00 e. The van der Waals surface area contributed by atoms with Crippen molar-refractivity contribution >= 4 is 84.0 Å². The average molecular weight is 1090 g/mol. The number of halogens is 4. The summed E-state index contributed by atoms with van der Waals surface area (Å²) in [6.45, 7) is 9.70. The zero-order valence-electron chi connectivity index (χ0n) is 41.9. The molecule has 4 heterocycles. The number of thioether (sulfide) groups is 2. The van der Waals surface area contributed by atoms with Crippen molar-refractivity contribution in [2.45, 2.75) is 66.9 Å². The summed E-state index contributed by atoms with van der Waals surface area (Å²) in [5, 5.41) is 14.2. The van der Waals surface area contributed by atoms with Gasteiger partial charge in [0.1, 0.15) is 52.0 Å². The molecular weight excluding hydrogens is 1040 g/mol. The Labute approximate surface area is 510 Å². The van der Waals surface area contributed by atoms with Crippen molar-refractivity contribution in [2.24, 2.45) is 33.3 Å². The molecule has 2 aliphatic heterocycles. The van der Waals surface area contributed by atoms with Gasteiger partial charge in [-0.2, -0.15) is 0 Å². The van der Waals surface area contributed by atoms with Crippen molar-refractivity contribution in [2.75, 3.05) is 14.1 Å². The maximum Gasteiger partial charge on any atom is 1.00 e. The van der Waals surface area contributed by atoms with Gasteiger partial charge in [0.25, 0.3) is 6.47 Å². The first kappa shape index (κ1) is 61.0. The molecule has 2 fully saturated rings. The SMILES string of the molecule is C#Cc1cnc(/C(F)=C/c2ccc(F)c([C@@]3(C)N=C(N)S[C@@]4(C(=O)NC)C[C@H]43)c2)cn1.CNC(=O)[C@]12C[C@H]1[C@@](C)(c1cc(/C=C(\F)c3cnc(C#C[Si](C)(C)C)cn3)ccc1F)N=C(N)S2.O=CO[O-].[H-].[K+].[K+]. The fraction of sp³-hybridized carbons (Fsp3) is 0.312. The molecular formula is C48H48F4K2N10O5S2Si. The van der Waals surface area contributed by atoms with Gasteiger partial charge < -0.3 is 33.7 Å². The third-order valence-corrected chi connectivity index (χ3v) is 15.3. The van der Waals surface area contributed by atoms with Crippen molar-refractivity contribution in [1.29, 1.82) is 0 Å². The van der Waals surface area contributed by atoms with Crippen LogP contribution in [0.15, 0.2) is 71.2 Å². The van der Waals surface area contributed by atoms with Crippen LogP contribution in [0.1, 0.15) is 73.1 Å². The van der Waals surface area contributed by atoms with Crippen LogP contribution in [-0.4, -0.2) is 80.2 Å². The van der Waals surface area contributed by atoms with Crippen molar-refractivity contribution in [3.05, 3.63) is 118 Å². The van der Waals surface area contributed by atoms with Gasteiger partial charge in [-0.25, -0.2) is 37.5 Å². The number of aromatic nitrogens is 4. The molecule has 366 valence electrons. The summed E-state index contributed by atoms with van der Waals surface area (Å²) in [4.78, 5) is 61.5. The first-order valence-electron chi connectivity index (χ1n) is 21.3. The van der Waals surface area contributed by atoms with E-state index in [4.69, 9.17) is 27.9 Å². The van der Waals surface area contributed by atoms with E-state index >= 15 is 4.39 Å². The number of carbonyl (C=O) groups is 3. The second kappa shape index (κ2) is 24.8. The van der Waals surface area contributed by atoms with Crippen molar-refractivity contribution in [3.8, 4) is 23.8 Å². The van der Waals surface area contributed by atoms with Crippen LogP contribution in [0.4, 0.5) is 17.6 Å². The number of nitrogens with two attached hydrogens (primary N) is 2. The van der Waals surface area contributed by atoms with Crippen LogP contribution < -0.4 is 130 Å². The minimum atomic E-state index is -1.56. The van der Waals surface area contributed by atoms with E-state index in [0.717, 1.165) is 0 Å². The number of amides is 2. The van der Waals surface area contributed by atoms with Gasteiger partial charge in [0.2, 0.25) is 11.8 Å². The fourth-order valence-electron chi connectivity index (χ4n) is 8.34. The van der Waals surface area contributed by atoms with Crippen LogP contribution in [0.25, 0.3) is 23.8 Å². The minimum absolute atomic E-state index is 0. The van der Waals surface area contributed by atoms with Gasteiger partial charge >= 0.3 is 103 Å². The summed E-state index contributed by atoms with van der Waals surface area (Å²) in [5.41, 5.74) is 15.4. The van der Waals surface area contributed by atoms with Gasteiger partial charge in [-0.3, -0.25) is 24.4 Å². The van der Waals surface area contributed by atoms with Gasteiger partial charge in [-0.05, 0) is 80.2 Å². The molecule has 2 aromatic carbocycles. The van der Waals surface area contributed by atoms with Crippen LogP contribution >= 0.6 is 23.5 Å². The summed E-state index contributed by atoms with van der Waals surface area (Å²) in [6.07, 6.45) is 14.1. The van der Waals surface area contributed by atoms with Crippen LogP contribution in [-0.2, 0) is 30.3 Å². The van der Waals surface area contributed by atoms with Crippen molar-refractivity contribution in [3.63, 3.8) is 0 Å².